The lowest BCUT2D eigenvalue weighted by Crippen LogP contribution is -2.13. The highest BCUT2D eigenvalue weighted by atomic mass is 16.3. The molecule has 96 valence electrons. The van der Waals surface area contributed by atoms with Crippen LogP contribution in [0.1, 0.15) is 25.1 Å². The molecule has 3 heteroatoms. The van der Waals surface area contributed by atoms with E-state index in [-0.39, 0.29) is 5.75 Å². The first kappa shape index (κ1) is 13.1. The number of aromatic hydroxyl groups is 1. The number of hydrogen-bond donors (Lipinski definition) is 1. The zero-order valence-corrected chi connectivity index (χ0v) is 11.3. The van der Waals surface area contributed by atoms with Gasteiger partial charge in [-0.3, -0.25) is 0 Å². The van der Waals surface area contributed by atoms with Gasteiger partial charge >= 0.3 is 0 Å². The van der Waals surface area contributed by atoms with E-state index >= 15 is 0 Å². The Kier molecular flexibility index (Phi) is 3.26. The highest BCUT2D eigenvalue weighted by Crippen LogP contribution is 2.26. The first-order valence-corrected chi connectivity index (χ1v) is 6.13. The van der Waals surface area contributed by atoms with E-state index in [1.807, 2.05) is 38.1 Å². The van der Waals surface area contributed by atoms with Gasteiger partial charge in [0.05, 0.1) is 22.9 Å². The lowest BCUT2D eigenvalue weighted by atomic mass is 9.86. The lowest BCUT2D eigenvalue weighted by Gasteiger charge is -2.16. The molecule has 0 fully saturated rings. The molecule has 19 heavy (non-hydrogen) atoms. The second-order valence-electron chi connectivity index (χ2n) is 5.12. The van der Waals surface area contributed by atoms with Crippen molar-refractivity contribution in [3.05, 3.63) is 47.7 Å². The van der Waals surface area contributed by atoms with Crippen molar-refractivity contribution in [2.75, 3.05) is 0 Å². The zero-order chi connectivity index (χ0) is 14.0. The van der Waals surface area contributed by atoms with Gasteiger partial charge in [0.25, 0.3) is 0 Å². The fourth-order valence-electron chi connectivity index (χ4n) is 1.84. The van der Waals surface area contributed by atoms with Crippen LogP contribution in [0.15, 0.2) is 36.4 Å². The van der Waals surface area contributed by atoms with E-state index in [4.69, 9.17) is 5.26 Å². The molecule has 1 heterocycles. The molecule has 0 bridgehead atoms. The van der Waals surface area contributed by atoms with E-state index in [1.54, 1.807) is 19.1 Å². The number of pyridine rings is 1. The van der Waals surface area contributed by atoms with E-state index in [2.05, 4.69) is 11.1 Å². The highest BCUT2D eigenvalue weighted by molar-refractivity contribution is 5.61. The van der Waals surface area contributed by atoms with Gasteiger partial charge in [-0.2, -0.15) is 5.26 Å². The molecule has 0 aliphatic rings. The standard InChI is InChI=1S/C16H16N2O/c1-11-15(19)9-8-14(18-11)12-4-6-13(7-5-12)16(2,3)10-17/h4-9,19H,1-3H3. The van der Waals surface area contributed by atoms with Gasteiger partial charge in [-0.05, 0) is 38.5 Å². The van der Waals surface area contributed by atoms with E-state index in [1.165, 1.54) is 0 Å². The summed E-state index contributed by atoms with van der Waals surface area (Å²) in [4.78, 5) is 4.34. The smallest absolute Gasteiger partial charge is 0.136 e. The zero-order valence-electron chi connectivity index (χ0n) is 11.3. The van der Waals surface area contributed by atoms with Crippen molar-refractivity contribution in [2.24, 2.45) is 0 Å². The molecule has 1 N–H and O–H groups in total. The Labute approximate surface area is 113 Å². The minimum absolute atomic E-state index is 0.200. The number of aryl methyl sites for hydroxylation is 1. The van der Waals surface area contributed by atoms with Gasteiger partial charge < -0.3 is 5.11 Å². The highest BCUT2D eigenvalue weighted by Gasteiger charge is 2.19. The van der Waals surface area contributed by atoms with Gasteiger partial charge in [0.1, 0.15) is 5.75 Å². The summed E-state index contributed by atoms with van der Waals surface area (Å²) in [6.07, 6.45) is 0. The molecule has 1 aromatic heterocycles. The number of hydrogen-bond acceptors (Lipinski definition) is 3. The number of benzene rings is 1. The fourth-order valence-corrected chi connectivity index (χ4v) is 1.84. The fraction of sp³-hybridized carbons (Fsp3) is 0.250. The van der Waals surface area contributed by atoms with Crippen molar-refractivity contribution in [2.45, 2.75) is 26.2 Å². The van der Waals surface area contributed by atoms with E-state index in [0.29, 0.717) is 5.69 Å². The SMILES string of the molecule is Cc1nc(-c2ccc(C(C)(C)C#N)cc2)ccc1O. The molecule has 0 atom stereocenters. The minimum atomic E-state index is -0.489. The first-order valence-electron chi connectivity index (χ1n) is 6.13. The van der Waals surface area contributed by atoms with Crippen molar-refractivity contribution in [3.8, 4) is 23.1 Å². The van der Waals surface area contributed by atoms with Gasteiger partial charge in [-0.1, -0.05) is 24.3 Å². The van der Waals surface area contributed by atoms with E-state index in [0.717, 1.165) is 16.8 Å². The van der Waals surface area contributed by atoms with E-state index < -0.39 is 5.41 Å². The van der Waals surface area contributed by atoms with Crippen LogP contribution in [0.2, 0.25) is 0 Å². The predicted molar refractivity (Wildman–Crippen MR) is 74.7 cm³/mol. The topological polar surface area (TPSA) is 56.9 Å². The third-order valence-electron chi connectivity index (χ3n) is 3.24. The van der Waals surface area contributed by atoms with Crippen LogP contribution in [-0.2, 0) is 5.41 Å². The number of nitriles is 1. The summed E-state index contributed by atoms with van der Waals surface area (Å²) >= 11 is 0. The Bertz CT molecular complexity index is 637. The van der Waals surface area contributed by atoms with Gasteiger partial charge in [-0.15, -0.1) is 0 Å². The molecule has 0 amide bonds. The summed E-state index contributed by atoms with van der Waals surface area (Å²) in [5, 5.41) is 18.6. The molecule has 0 saturated carbocycles. The summed E-state index contributed by atoms with van der Waals surface area (Å²) in [7, 11) is 0. The average molecular weight is 252 g/mol. The Hall–Kier alpha value is -2.34. The molecular formula is C16H16N2O. The van der Waals surface area contributed by atoms with Crippen LogP contribution in [0.25, 0.3) is 11.3 Å². The summed E-state index contributed by atoms with van der Waals surface area (Å²) in [6.45, 7) is 5.56. The van der Waals surface area contributed by atoms with Crippen LogP contribution in [0.5, 0.6) is 5.75 Å². The van der Waals surface area contributed by atoms with Crippen LogP contribution < -0.4 is 0 Å². The van der Waals surface area contributed by atoms with Crippen molar-refractivity contribution < 1.29 is 5.11 Å². The largest absolute Gasteiger partial charge is 0.506 e. The van der Waals surface area contributed by atoms with Crippen LogP contribution in [-0.4, -0.2) is 10.1 Å². The quantitative estimate of drug-likeness (QED) is 0.889. The molecule has 0 spiro atoms. The summed E-state index contributed by atoms with van der Waals surface area (Å²) < 4.78 is 0. The number of aromatic nitrogens is 1. The Morgan fingerprint density at radius 3 is 2.26 bits per heavy atom. The van der Waals surface area contributed by atoms with Gasteiger partial charge in [0, 0.05) is 5.56 Å². The molecular weight excluding hydrogens is 236 g/mol. The summed E-state index contributed by atoms with van der Waals surface area (Å²) in [5.74, 6) is 0.200. The molecule has 1 aromatic carbocycles. The van der Waals surface area contributed by atoms with Crippen molar-refractivity contribution in [1.82, 2.24) is 4.98 Å². The van der Waals surface area contributed by atoms with Crippen LogP contribution >= 0.6 is 0 Å². The Morgan fingerprint density at radius 2 is 1.74 bits per heavy atom. The van der Waals surface area contributed by atoms with Gasteiger partial charge in [0.2, 0.25) is 0 Å². The second-order valence-corrected chi connectivity index (χ2v) is 5.12. The first-order chi connectivity index (χ1) is 8.94. The van der Waals surface area contributed by atoms with Gasteiger partial charge in [0.15, 0.2) is 0 Å². The van der Waals surface area contributed by atoms with E-state index in [9.17, 15) is 5.11 Å². The summed E-state index contributed by atoms with van der Waals surface area (Å²) in [5.41, 5.74) is 2.89. The van der Waals surface area contributed by atoms with Crippen molar-refractivity contribution in [3.63, 3.8) is 0 Å². The molecule has 0 radical (unpaired) electrons. The monoisotopic (exact) mass is 252 g/mol. The molecule has 2 rings (SSSR count). The maximum absolute atomic E-state index is 9.47. The van der Waals surface area contributed by atoms with Gasteiger partial charge in [-0.25, -0.2) is 4.98 Å². The molecule has 0 aliphatic heterocycles. The molecule has 0 saturated heterocycles. The maximum Gasteiger partial charge on any atom is 0.136 e. The number of rotatable bonds is 2. The second kappa shape index (κ2) is 4.74. The predicted octanol–water partition coefficient (Wildman–Crippen LogP) is 3.56. The third kappa shape index (κ3) is 2.58. The molecule has 0 unspecified atom stereocenters. The summed E-state index contributed by atoms with van der Waals surface area (Å²) in [6, 6.07) is 13.5. The minimum Gasteiger partial charge on any atom is -0.506 e. The lowest BCUT2D eigenvalue weighted by molar-refractivity contribution is 0.468. The Balaban J connectivity index is 2.38. The molecule has 3 nitrogen and oxygen atoms in total. The van der Waals surface area contributed by atoms with Crippen LogP contribution in [0.3, 0.4) is 0 Å². The Morgan fingerprint density at radius 1 is 1.11 bits per heavy atom. The van der Waals surface area contributed by atoms with Crippen LogP contribution in [0, 0.1) is 18.3 Å². The van der Waals surface area contributed by atoms with Crippen molar-refractivity contribution in [1.29, 1.82) is 5.26 Å². The normalized spacial score (nSPS) is 11.1. The third-order valence-corrected chi connectivity index (χ3v) is 3.24. The maximum atomic E-state index is 9.47. The number of nitrogens with zero attached hydrogens (tertiary/aromatic N) is 2. The molecule has 0 aliphatic carbocycles. The van der Waals surface area contributed by atoms with Crippen LogP contribution in [0.4, 0.5) is 0 Å². The molecule has 2 aromatic rings. The average Bonchev–Trinajstić information content (AvgIpc) is 2.42. The van der Waals surface area contributed by atoms with Crippen molar-refractivity contribution >= 4 is 0 Å².